The van der Waals surface area contributed by atoms with Crippen LogP contribution in [0.15, 0.2) is 21.5 Å². The van der Waals surface area contributed by atoms with Gasteiger partial charge in [0, 0.05) is 34.7 Å². The van der Waals surface area contributed by atoms with Crippen molar-refractivity contribution < 1.29 is 53.6 Å². The Morgan fingerprint density at radius 3 is 1.80 bits per heavy atom. The molecule has 0 aliphatic carbocycles. The molecule has 0 spiro atoms. The summed E-state index contributed by atoms with van der Waals surface area (Å²) in [5.74, 6) is 3.10. The standard InChI is InChI=1S/2C12H18O6S2/c1-15-20(13,14)5-3-2-4-16-10-6-17-11-8-19-9-12(11)18-7-10;1-15-20(13,14)5-3-2-4-16-6-10-7-17-11-8-19-9-12(11)18-10/h2*8-10H,2-7H2,1H3. The van der Waals surface area contributed by atoms with E-state index in [1.54, 1.807) is 0 Å². The van der Waals surface area contributed by atoms with Gasteiger partial charge in [0.05, 0.1) is 32.3 Å². The molecule has 0 N–H and O–H groups in total. The lowest BCUT2D eigenvalue weighted by Crippen LogP contribution is -2.33. The van der Waals surface area contributed by atoms with Crippen LogP contribution in [-0.4, -0.2) is 94.4 Å². The van der Waals surface area contributed by atoms with Crippen molar-refractivity contribution in [2.75, 3.05) is 65.4 Å². The first-order valence-corrected chi connectivity index (χ1v) is 17.7. The second-order valence-corrected chi connectivity index (χ2v) is 13.9. The Labute approximate surface area is 243 Å². The third-order valence-electron chi connectivity index (χ3n) is 5.64. The maximum atomic E-state index is 11.1. The summed E-state index contributed by atoms with van der Waals surface area (Å²) in [5, 5.41) is 7.60. The average Bonchev–Trinajstić information content (AvgIpc) is 3.56. The zero-order valence-corrected chi connectivity index (χ0v) is 25.7. The third kappa shape index (κ3) is 11.7. The highest BCUT2D eigenvalue weighted by atomic mass is 32.2. The zero-order valence-electron chi connectivity index (χ0n) is 22.5. The van der Waals surface area contributed by atoms with E-state index in [9.17, 15) is 16.8 Å². The van der Waals surface area contributed by atoms with E-state index in [0.717, 1.165) is 23.0 Å². The average molecular weight is 645 g/mol. The fourth-order valence-electron chi connectivity index (χ4n) is 3.43. The Morgan fingerprint density at radius 1 is 0.725 bits per heavy atom. The molecular weight excluding hydrogens is 609 g/mol. The van der Waals surface area contributed by atoms with Gasteiger partial charge in [-0.3, -0.25) is 8.37 Å². The van der Waals surface area contributed by atoms with Crippen molar-refractivity contribution in [1.29, 1.82) is 0 Å². The summed E-state index contributed by atoms with van der Waals surface area (Å²) in [6.07, 6.45) is 2.11. The van der Waals surface area contributed by atoms with Crippen molar-refractivity contribution in [1.82, 2.24) is 0 Å². The van der Waals surface area contributed by atoms with Crippen LogP contribution in [0.3, 0.4) is 0 Å². The molecule has 2 aliphatic rings. The molecule has 4 heterocycles. The summed E-state index contributed by atoms with van der Waals surface area (Å²) >= 11 is 3.07. The summed E-state index contributed by atoms with van der Waals surface area (Å²) in [7, 11) is -4.37. The van der Waals surface area contributed by atoms with Gasteiger partial charge in [-0.1, -0.05) is 0 Å². The van der Waals surface area contributed by atoms with E-state index in [0.29, 0.717) is 65.3 Å². The number of unbranched alkanes of at least 4 members (excludes halogenated alkanes) is 2. The molecule has 1 atom stereocenters. The summed E-state index contributed by atoms with van der Waals surface area (Å²) in [5.41, 5.74) is 0. The van der Waals surface area contributed by atoms with E-state index in [-0.39, 0.29) is 23.7 Å². The van der Waals surface area contributed by atoms with Gasteiger partial charge in [0.25, 0.3) is 20.2 Å². The fraction of sp³-hybridized carbons (Fsp3) is 0.667. The monoisotopic (exact) mass is 644 g/mol. The first-order valence-electron chi connectivity index (χ1n) is 12.6. The van der Waals surface area contributed by atoms with Gasteiger partial charge < -0.3 is 28.4 Å². The van der Waals surface area contributed by atoms with Crippen LogP contribution in [0.5, 0.6) is 23.0 Å². The predicted octanol–water partition coefficient (Wildman–Crippen LogP) is 3.32. The Kier molecular flexibility index (Phi) is 13.7. The molecule has 0 saturated heterocycles. The third-order valence-corrected chi connectivity index (χ3v) is 9.63. The molecule has 12 nitrogen and oxygen atoms in total. The maximum absolute atomic E-state index is 11.1. The second kappa shape index (κ2) is 16.7. The van der Waals surface area contributed by atoms with Gasteiger partial charge in [-0.05, 0) is 25.7 Å². The smallest absolute Gasteiger partial charge is 0.267 e. The van der Waals surface area contributed by atoms with Crippen LogP contribution < -0.4 is 18.9 Å². The second-order valence-electron chi connectivity index (χ2n) is 8.71. The molecular formula is C24H36O12S4. The molecule has 2 aromatic heterocycles. The number of ether oxygens (including phenoxy) is 6. The van der Waals surface area contributed by atoms with Crippen molar-refractivity contribution in [3.05, 3.63) is 21.5 Å². The van der Waals surface area contributed by atoms with Crippen molar-refractivity contribution in [2.45, 2.75) is 37.9 Å². The summed E-state index contributed by atoms with van der Waals surface area (Å²) < 4.78 is 86.6. The number of thiophene rings is 2. The SMILES string of the molecule is COS(=O)(=O)CCCCOC1COc2cscc2OC1.COS(=O)(=O)CCCCOCC1COc2cscc2O1. The molecule has 228 valence electrons. The molecule has 40 heavy (non-hydrogen) atoms. The molecule has 16 heteroatoms. The molecule has 0 aromatic carbocycles. The van der Waals surface area contributed by atoms with Crippen molar-refractivity contribution in [3.63, 3.8) is 0 Å². The number of hydrogen-bond donors (Lipinski definition) is 0. The molecule has 0 bridgehead atoms. The molecule has 0 saturated carbocycles. The largest absolute Gasteiger partial charge is 0.486 e. The molecule has 4 rings (SSSR count). The van der Waals surface area contributed by atoms with Gasteiger partial charge in [-0.15, -0.1) is 22.7 Å². The van der Waals surface area contributed by atoms with Gasteiger partial charge in [0.15, 0.2) is 29.1 Å². The van der Waals surface area contributed by atoms with Crippen LogP contribution in [0.4, 0.5) is 0 Å². The molecule has 0 fully saturated rings. The van der Waals surface area contributed by atoms with Crippen LogP contribution in [0.2, 0.25) is 0 Å². The Morgan fingerprint density at radius 2 is 1.23 bits per heavy atom. The molecule has 2 aromatic rings. The van der Waals surface area contributed by atoms with Crippen molar-refractivity contribution >= 4 is 42.9 Å². The van der Waals surface area contributed by atoms with E-state index in [1.807, 2.05) is 21.5 Å². The minimum Gasteiger partial charge on any atom is -0.486 e. The van der Waals surface area contributed by atoms with Crippen molar-refractivity contribution in [3.8, 4) is 23.0 Å². The topological polar surface area (TPSA) is 142 Å². The maximum Gasteiger partial charge on any atom is 0.267 e. The normalized spacial score (nSPS) is 17.1. The summed E-state index contributed by atoms with van der Waals surface area (Å²) in [6.45, 7) is 2.77. The van der Waals surface area contributed by atoms with E-state index >= 15 is 0 Å². The highest BCUT2D eigenvalue weighted by Crippen LogP contribution is 2.35. The van der Waals surface area contributed by atoms with E-state index in [1.165, 1.54) is 36.9 Å². The van der Waals surface area contributed by atoms with E-state index in [4.69, 9.17) is 28.4 Å². The number of fused-ring (bicyclic) bond motifs is 2. The van der Waals surface area contributed by atoms with Gasteiger partial charge >= 0.3 is 0 Å². The Hall–Kier alpha value is -1.66. The highest BCUT2D eigenvalue weighted by molar-refractivity contribution is 7.86. The van der Waals surface area contributed by atoms with E-state index < -0.39 is 20.2 Å². The zero-order chi connectivity index (χ0) is 28.8. The highest BCUT2D eigenvalue weighted by Gasteiger charge is 2.22. The minimum atomic E-state index is -3.36. The Bertz CT molecular complexity index is 1180. The van der Waals surface area contributed by atoms with Crippen LogP contribution >= 0.6 is 22.7 Å². The molecule has 1 unspecified atom stereocenters. The number of rotatable bonds is 15. The predicted molar refractivity (Wildman–Crippen MR) is 150 cm³/mol. The first kappa shape index (κ1) is 32.8. The lowest BCUT2D eigenvalue weighted by atomic mass is 10.3. The minimum absolute atomic E-state index is 0.0154. The lowest BCUT2D eigenvalue weighted by Gasteiger charge is -2.24. The van der Waals surface area contributed by atoms with Crippen LogP contribution in [0.25, 0.3) is 0 Å². The fourth-order valence-corrected chi connectivity index (χ4v) is 6.24. The summed E-state index contributed by atoms with van der Waals surface area (Å²) in [6, 6.07) is 0. The number of hydrogen-bond acceptors (Lipinski definition) is 14. The van der Waals surface area contributed by atoms with Gasteiger partial charge in [0.1, 0.15) is 25.9 Å². The van der Waals surface area contributed by atoms with Crippen molar-refractivity contribution in [2.24, 2.45) is 0 Å². The Balaban J connectivity index is 0.000000220. The van der Waals surface area contributed by atoms with Gasteiger partial charge in [-0.25, -0.2) is 0 Å². The molecule has 0 radical (unpaired) electrons. The summed E-state index contributed by atoms with van der Waals surface area (Å²) in [4.78, 5) is 0. The quantitative estimate of drug-likeness (QED) is 0.207. The molecule has 0 amide bonds. The van der Waals surface area contributed by atoms with Gasteiger partial charge in [-0.2, -0.15) is 16.8 Å². The van der Waals surface area contributed by atoms with Crippen LogP contribution in [0, 0.1) is 0 Å². The lowest BCUT2D eigenvalue weighted by molar-refractivity contribution is 0.00159. The van der Waals surface area contributed by atoms with Crippen LogP contribution in [-0.2, 0) is 38.1 Å². The van der Waals surface area contributed by atoms with Crippen LogP contribution in [0.1, 0.15) is 25.7 Å². The first-order chi connectivity index (χ1) is 19.2. The molecule has 2 aliphatic heterocycles. The van der Waals surface area contributed by atoms with Gasteiger partial charge in [0.2, 0.25) is 0 Å². The van der Waals surface area contributed by atoms with E-state index in [2.05, 4.69) is 8.37 Å².